The molecule has 0 fully saturated rings. The van der Waals surface area contributed by atoms with Crippen molar-refractivity contribution in [3.8, 4) is 5.75 Å². The highest BCUT2D eigenvalue weighted by Crippen LogP contribution is 2.17. The second kappa shape index (κ2) is 10.6. The number of hydrogen-bond acceptors (Lipinski definition) is 4. The molecule has 0 aliphatic heterocycles. The molecule has 0 amide bonds. The molecule has 2 aromatic rings. The molecule has 0 N–H and O–H groups in total. The number of unbranched alkanes of at least 4 members (excludes halogenated alkanes) is 2. The molecule has 2 rings (SSSR count). The van der Waals surface area contributed by atoms with Gasteiger partial charge in [0.15, 0.2) is 0 Å². The van der Waals surface area contributed by atoms with Crippen LogP contribution in [0.4, 0.5) is 0 Å². The van der Waals surface area contributed by atoms with E-state index in [0.29, 0.717) is 11.3 Å². The first-order valence-corrected chi connectivity index (χ1v) is 10.1. The van der Waals surface area contributed by atoms with Crippen molar-refractivity contribution >= 4 is 18.0 Å². The Kier molecular flexibility index (Phi) is 8.20. The molecule has 0 saturated carbocycles. The predicted molar refractivity (Wildman–Crippen MR) is 116 cm³/mol. The minimum atomic E-state index is -0.525. The van der Waals surface area contributed by atoms with E-state index < -0.39 is 17.5 Å². The lowest BCUT2D eigenvalue weighted by Gasteiger charge is -2.17. The van der Waals surface area contributed by atoms with Crippen LogP contribution in [0, 0.1) is 0 Å². The molecular formula is C25H30O4. The van der Waals surface area contributed by atoms with Crippen LogP contribution in [-0.2, 0) is 16.0 Å². The maximum absolute atomic E-state index is 12.3. The molecule has 4 heteroatoms. The zero-order valence-corrected chi connectivity index (χ0v) is 17.7. The Morgan fingerprint density at radius 2 is 1.59 bits per heavy atom. The van der Waals surface area contributed by atoms with Gasteiger partial charge in [-0.1, -0.05) is 44.0 Å². The first kappa shape index (κ1) is 22.4. The molecule has 0 aromatic heterocycles. The van der Waals surface area contributed by atoms with Gasteiger partial charge in [-0.25, -0.2) is 9.59 Å². The van der Waals surface area contributed by atoms with E-state index >= 15 is 0 Å². The van der Waals surface area contributed by atoms with E-state index in [1.165, 1.54) is 30.9 Å². The van der Waals surface area contributed by atoms with Crippen molar-refractivity contribution in [2.45, 2.75) is 59.0 Å². The quantitative estimate of drug-likeness (QED) is 0.239. The van der Waals surface area contributed by atoms with Gasteiger partial charge in [-0.15, -0.1) is 0 Å². The van der Waals surface area contributed by atoms with Gasteiger partial charge in [0.1, 0.15) is 11.4 Å². The van der Waals surface area contributed by atoms with E-state index in [2.05, 4.69) is 6.92 Å². The molecule has 0 unspecified atom stereocenters. The van der Waals surface area contributed by atoms with Crippen molar-refractivity contribution < 1.29 is 19.1 Å². The van der Waals surface area contributed by atoms with E-state index in [4.69, 9.17) is 9.47 Å². The van der Waals surface area contributed by atoms with Gasteiger partial charge in [0.25, 0.3) is 0 Å². The summed E-state index contributed by atoms with van der Waals surface area (Å²) in [5, 5.41) is 0. The number of carbonyl (C=O) groups excluding carboxylic acids is 2. The molecule has 0 aliphatic rings. The van der Waals surface area contributed by atoms with Gasteiger partial charge >= 0.3 is 11.9 Å². The van der Waals surface area contributed by atoms with Crippen LogP contribution in [0.3, 0.4) is 0 Å². The van der Waals surface area contributed by atoms with Crippen molar-refractivity contribution in [3.63, 3.8) is 0 Å². The smallest absolute Gasteiger partial charge is 0.343 e. The zero-order valence-electron chi connectivity index (χ0n) is 17.7. The van der Waals surface area contributed by atoms with Crippen LogP contribution in [0.25, 0.3) is 6.08 Å². The summed E-state index contributed by atoms with van der Waals surface area (Å²) >= 11 is 0. The van der Waals surface area contributed by atoms with Crippen molar-refractivity contribution in [2.24, 2.45) is 0 Å². The molecule has 0 atom stereocenters. The highest BCUT2D eigenvalue weighted by molar-refractivity contribution is 5.91. The number of esters is 2. The Labute approximate surface area is 173 Å². The normalized spacial score (nSPS) is 11.4. The molecule has 0 bridgehead atoms. The van der Waals surface area contributed by atoms with Crippen LogP contribution in [0.15, 0.2) is 54.6 Å². The molecule has 0 heterocycles. The first-order chi connectivity index (χ1) is 13.8. The molecule has 4 nitrogen and oxygen atoms in total. The minimum absolute atomic E-state index is 0.404. The van der Waals surface area contributed by atoms with Crippen molar-refractivity contribution in [3.05, 3.63) is 71.3 Å². The van der Waals surface area contributed by atoms with Crippen LogP contribution in [0.1, 0.15) is 68.4 Å². The fraction of sp³-hybridized carbons (Fsp3) is 0.360. The predicted octanol–water partition coefficient (Wildman–Crippen LogP) is 5.99. The second-order valence-electron chi connectivity index (χ2n) is 7.98. The summed E-state index contributed by atoms with van der Waals surface area (Å²) < 4.78 is 10.7. The minimum Gasteiger partial charge on any atom is -0.457 e. The third-order valence-electron chi connectivity index (χ3n) is 4.17. The molecule has 29 heavy (non-hydrogen) atoms. The average Bonchev–Trinajstić information content (AvgIpc) is 2.67. The number of ether oxygens (including phenoxy) is 2. The maximum atomic E-state index is 12.3. The third kappa shape index (κ3) is 8.34. The van der Waals surface area contributed by atoms with Crippen molar-refractivity contribution in [2.75, 3.05) is 0 Å². The lowest BCUT2D eigenvalue weighted by Crippen LogP contribution is -2.22. The number of rotatable bonds is 8. The van der Waals surface area contributed by atoms with Gasteiger partial charge in [0.05, 0.1) is 5.56 Å². The molecule has 2 aromatic carbocycles. The van der Waals surface area contributed by atoms with Gasteiger partial charge in [-0.2, -0.15) is 0 Å². The molecule has 0 radical (unpaired) electrons. The molecule has 0 spiro atoms. The van der Waals surface area contributed by atoms with Crippen LogP contribution < -0.4 is 4.74 Å². The Morgan fingerprint density at radius 3 is 2.17 bits per heavy atom. The van der Waals surface area contributed by atoms with Gasteiger partial charge in [-0.05, 0) is 75.1 Å². The largest absolute Gasteiger partial charge is 0.457 e. The van der Waals surface area contributed by atoms with Gasteiger partial charge in [-0.3, -0.25) is 0 Å². The van der Waals surface area contributed by atoms with E-state index in [9.17, 15) is 9.59 Å². The summed E-state index contributed by atoms with van der Waals surface area (Å²) in [4.78, 5) is 24.1. The summed E-state index contributed by atoms with van der Waals surface area (Å²) in [5.41, 5.74) is 1.97. The Hall–Kier alpha value is -2.88. The zero-order chi connectivity index (χ0) is 21.3. The Balaban J connectivity index is 1.90. The number of hydrogen-bond donors (Lipinski definition) is 0. The number of carbonyl (C=O) groups is 2. The summed E-state index contributed by atoms with van der Waals surface area (Å²) in [7, 11) is 0. The molecular weight excluding hydrogens is 364 g/mol. The highest BCUT2D eigenvalue weighted by atomic mass is 16.6. The topological polar surface area (TPSA) is 52.6 Å². The van der Waals surface area contributed by atoms with E-state index in [0.717, 1.165) is 12.0 Å². The van der Waals surface area contributed by atoms with E-state index in [1.807, 2.05) is 45.0 Å². The number of aryl methyl sites for hydroxylation is 1. The average molecular weight is 395 g/mol. The summed E-state index contributed by atoms with van der Waals surface area (Å²) in [6.07, 6.45) is 7.66. The van der Waals surface area contributed by atoms with Crippen LogP contribution in [-0.4, -0.2) is 17.5 Å². The lowest BCUT2D eigenvalue weighted by atomic mass is 10.1. The third-order valence-corrected chi connectivity index (χ3v) is 4.17. The molecule has 0 aliphatic carbocycles. The van der Waals surface area contributed by atoms with E-state index in [1.54, 1.807) is 30.3 Å². The summed E-state index contributed by atoms with van der Waals surface area (Å²) in [5.74, 6) is -0.284. The van der Waals surface area contributed by atoms with Crippen LogP contribution in [0.2, 0.25) is 0 Å². The Morgan fingerprint density at radius 1 is 0.931 bits per heavy atom. The summed E-state index contributed by atoms with van der Waals surface area (Å²) in [6.45, 7) is 7.64. The van der Waals surface area contributed by atoms with Crippen LogP contribution >= 0.6 is 0 Å². The number of benzene rings is 2. The monoisotopic (exact) mass is 394 g/mol. The van der Waals surface area contributed by atoms with Gasteiger partial charge in [0, 0.05) is 6.08 Å². The maximum Gasteiger partial charge on any atom is 0.343 e. The second-order valence-corrected chi connectivity index (χ2v) is 7.98. The highest BCUT2D eigenvalue weighted by Gasteiger charge is 2.14. The van der Waals surface area contributed by atoms with Crippen molar-refractivity contribution in [1.29, 1.82) is 0 Å². The summed E-state index contributed by atoms with van der Waals surface area (Å²) in [6, 6.07) is 14.5. The van der Waals surface area contributed by atoms with Gasteiger partial charge in [0.2, 0.25) is 0 Å². The first-order valence-electron chi connectivity index (χ1n) is 10.1. The fourth-order valence-electron chi connectivity index (χ4n) is 2.70. The SMILES string of the molecule is CCCCCc1ccc(OC(=O)c2ccc(C=CC(=O)OC(C)(C)C)cc2)cc1. The molecule has 154 valence electrons. The fourth-order valence-corrected chi connectivity index (χ4v) is 2.70. The van der Waals surface area contributed by atoms with Crippen molar-refractivity contribution in [1.82, 2.24) is 0 Å². The Bertz CT molecular complexity index is 825. The molecule has 0 saturated heterocycles. The standard InChI is InChI=1S/C25H30O4/c1-5-6-7-8-19-11-16-22(17-12-19)28-24(27)21-14-9-20(10-15-21)13-18-23(26)29-25(2,3)4/h9-18H,5-8H2,1-4H3. The lowest BCUT2D eigenvalue weighted by molar-refractivity contribution is -0.148. The van der Waals surface area contributed by atoms with E-state index in [-0.39, 0.29) is 0 Å². The van der Waals surface area contributed by atoms with Gasteiger partial charge < -0.3 is 9.47 Å². The van der Waals surface area contributed by atoms with Crippen LogP contribution in [0.5, 0.6) is 5.75 Å².